The summed E-state index contributed by atoms with van der Waals surface area (Å²) in [7, 11) is -1.16. The van der Waals surface area contributed by atoms with Gasteiger partial charge in [0.05, 0.1) is 40.0 Å². The largest absolute Gasteiger partial charge is 0.744 e. The minimum Gasteiger partial charge on any atom is -0.744 e. The van der Waals surface area contributed by atoms with Crippen molar-refractivity contribution in [3.63, 3.8) is 0 Å². The SMILES string of the molecule is CC[N+](C)(C)CN(C[N+](C)(C)CS(=O)(=O)[O-])S(=O)(=O)C(C)C. The van der Waals surface area contributed by atoms with E-state index >= 15 is 0 Å². The smallest absolute Gasteiger partial charge is 0.225 e. The molecule has 0 radical (unpaired) electrons. The molecule has 0 aliphatic rings. The molecule has 134 valence electrons. The molecule has 0 unspecified atom stereocenters. The number of rotatable bonds is 9. The molecule has 22 heavy (non-hydrogen) atoms. The van der Waals surface area contributed by atoms with Gasteiger partial charge in [-0.3, -0.25) is 0 Å². The number of sulfonamides is 1. The van der Waals surface area contributed by atoms with E-state index in [1.54, 1.807) is 13.8 Å². The van der Waals surface area contributed by atoms with Gasteiger partial charge in [0, 0.05) is 0 Å². The quantitative estimate of drug-likeness (QED) is 0.317. The van der Waals surface area contributed by atoms with Crippen molar-refractivity contribution >= 4 is 20.1 Å². The Hall–Kier alpha value is -0.260. The van der Waals surface area contributed by atoms with Crippen LogP contribution < -0.4 is 0 Å². The second kappa shape index (κ2) is 7.10. The summed E-state index contributed by atoms with van der Waals surface area (Å²) in [6, 6.07) is 0. The summed E-state index contributed by atoms with van der Waals surface area (Å²) < 4.78 is 59.6. The van der Waals surface area contributed by atoms with Crippen molar-refractivity contribution in [2.75, 3.05) is 53.9 Å². The van der Waals surface area contributed by atoms with Gasteiger partial charge < -0.3 is 13.5 Å². The zero-order valence-electron chi connectivity index (χ0n) is 14.6. The highest BCUT2D eigenvalue weighted by Gasteiger charge is 2.36. The Morgan fingerprint density at radius 1 is 0.955 bits per heavy atom. The molecule has 0 aromatic heterocycles. The Labute approximate surface area is 135 Å². The zero-order chi connectivity index (χ0) is 18.0. The molecule has 0 rings (SSSR count). The standard InChI is InChI=1S/C12H30N3O5S2/c1-8-14(4,5)9-13(22(19,20)12(2)3)10-15(6,7)11-21(16,17)18/h12H,8-11H2,1-7H3/q+1. The van der Waals surface area contributed by atoms with Crippen LogP contribution in [0.1, 0.15) is 20.8 Å². The summed E-state index contributed by atoms with van der Waals surface area (Å²) in [5.74, 6) is -0.656. The first-order valence-electron chi connectivity index (χ1n) is 7.09. The maximum absolute atomic E-state index is 12.5. The van der Waals surface area contributed by atoms with Crippen LogP contribution in [0.4, 0.5) is 0 Å². The van der Waals surface area contributed by atoms with Crippen LogP contribution in [0.25, 0.3) is 0 Å². The molecule has 0 atom stereocenters. The van der Waals surface area contributed by atoms with Crippen LogP contribution in [0.5, 0.6) is 0 Å². The molecule has 0 bridgehead atoms. The van der Waals surface area contributed by atoms with Gasteiger partial charge >= 0.3 is 0 Å². The maximum atomic E-state index is 12.5. The van der Waals surface area contributed by atoms with Gasteiger partial charge in [0.2, 0.25) is 10.0 Å². The summed E-state index contributed by atoms with van der Waals surface area (Å²) in [6.07, 6.45) is 0. The van der Waals surface area contributed by atoms with Gasteiger partial charge in [-0.05, 0) is 20.8 Å². The van der Waals surface area contributed by atoms with Crippen LogP contribution in [0, 0.1) is 0 Å². The molecule has 0 aliphatic carbocycles. The first kappa shape index (κ1) is 21.7. The van der Waals surface area contributed by atoms with Gasteiger partial charge in [-0.1, -0.05) is 0 Å². The zero-order valence-corrected chi connectivity index (χ0v) is 16.2. The predicted molar refractivity (Wildman–Crippen MR) is 85.0 cm³/mol. The predicted octanol–water partition coefficient (Wildman–Crippen LogP) is -0.383. The van der Waals surface area contributed by atoms with Crippen molar-refractivity contribution in [1.82, 2.24) is 4.31 Å². The lowest BCUT2D eigenvalue weighted by Gasteiger charge is -2.39. The minimum atomic E-state index is -4.45. The Morgan fingerprint density at radius 2 is 1.36 bits per heavy atom. The number of hydrogen-bond donors (Lipinski definition) is 0. The van der Waals surface area contributed by atoms with Crippen molar-refractivity contribution in [2.45, 2.75) is 26.0 Å². The van der Waals surface area contributed by atoms with Gasteiger partial charge in [0.1, 0.15) is 10.1 Å². The third-order valence-corrected chi connectivity index (χ3v) is 6.56. The number of hydrogen-bond acceptors (Lipinski definition) is 5. The summed E-state index contributed by atoms with van der Waals surface area (Å²) in [6.45, 7) is 5.98. The lowest BCUT2D eigenvalue weighted by molar-refractivity contribution is -0.917. The van der Waals surface area contributed by atoms with E-state index in [4.69, 9.17) is 0 Å². The van der Waals surface area contributed by atoms with Crippen molar-refractivity contribution < 1.29 is 30.4 Å². The fourth-order valence-electron chi connectivity index (χ4n) is 1.93. The van der Waals surface area contributed by atoms with Gasteiger partial charge in [0.15, 0.2) is 19.2 Å². The van der Waals surface area contributed by atoms with Crippen LogP contribution in [0.15, 0.2) is 0 Å². The second-order valence-corrected chi connectivity index (χ2v) is 11.1. The maximum Gasteiger partial charge on any atom is 0.225 e. The summed E-state index contributed by atoms with van der Waals surface area (Å²) in [5.41, 5.74) is 0. The highest BCUT2D eigenvalue weighted by molar-refractivity contribution is 7.89. The van der Waals surface area contributed by atoms with Gasteiger partial charge in [-0.15, -0.1) is 4.31 Å². The fraction of sp³-hybridized carbons (Fsp3) is 1.00. The Balaban J connectivity index is 5.53. The van der Waals surface area contributed by atoms with E-state index < -0.39 is 31.3 Å². The number of nitrogens with zero attached hydrogens (tertiary/aromatic N) is 3. The normalized spacial score (nSPS) is 14.8. The molecule has 0 spiro atoms. The van der Waals surface area contributed by atoms with Crippen molar-refractivity contribution in [3.8, 4) is 0 Å². The monoisotopic (exact) mass is 360 g/mol. The topological polar surface area (TPSA) is 94.6 Å². The molecule has 0 amide bonds. The minimum absolute atomic E-state index is 0.0658. The van der Waals surface area contributed by atoms with E-state index in [-0.39, 0.29) is 17.8 Å². The van der Waals surface area contributed by atoms with E-state index in [1.165, 1.54) is 18.4 Å². The van der Waals surface area contributed by atoms with Crippen LogP contribution >= 0.6 is 0 Å². The first-order valence-corrected chi connectivity index (χ1v) is 10.2. The molecule has 0 aromatic rings. The van der Waals surface area contributed by atoms with Crippen molar-refractivity contribution in [1.29, 1.82) is 0 Å². The molecule has 10 heteroatoms. The Morgan fingerprint density at radius 3 is 1.68 bits per heavy atom. The van der Waals surface area contributed by atoms with E-state index in [0.717, 1.165) is 6.54 Å². The van der Waals surface area contributed by atoms with Crippen LogP contribution in [0.3, 0.4) is 0 Å². The van der Waals surface area contributed by atoms with Crippen LogP contribution in [-0.4, -0.2) is 93.9 Å². The molecule has 0 saturated heterocycles. The van der Waals surface area contributed by atoms with E-state index in [9.17, 15) is 21.4 Å². The average molecular weight is 361 g/mol. The second-order valence-electron chi connectivity index (χ2n) is 7.20. The molecule has 0 aromatic carbocycles. The van der Waals surface area contributed by atoms with Crippen LogP contribution in [0.2, 0.25) is 0 Å². The van der Waals surface area contributed by atoms with E-state index in [2.05, 4.69) is 0 Å². The molecular weight excluding hydrogens is 330 g/mol. The molecule has 0 heterocycles. The fourth-order valence-corrected chi connectivity index (χ4v) is 4.41. The van der Waals surface area contributed by atoms with E-state index in [1.807, 2.05) is 21.0 Å². The molecule has 8 nitrogen and oxygen atoms in total. The molecule has 0 N–H and O–H groups in total. The lowest BCUT2D eigenvalue weighted by atomic mass is 10.5. The average Bonchev–Trinajstić information content (AvgIpc) is 2.23. The van der Waals surface area contributed by atoms with Crippen molar-refractivity contribution in [2.24, 2.45) is 0 Å². The molecule has 0 saturated carbocycles. The first-order chi connectivity index (χ1) is 9.52. The Bertz CT molecular complexity index is 568. The molecule has 0 aliphatic heterocycles. The number of quaternary nitrogens is 2. The molecular formula is C12H30N3O5S2+. The summed E-state index contributed by atoms with van der Waals surface area (Å²) in [4.78, 5) is 0. The van der Waals surface area contributed by atoms with E-state index in [0.29, 0.717) is 4.48 Å². The van der Waals surface area contributed by atoms with Gasteiger partial charge in [-0.2, -0.15) is 0 Å². The lowest BCUT2D eigenvalue weighted by Crippen LogP contribution is -2.58. The molecule has 0 fully saturated rings. The summed E-state index contributed by atoms with van der Waals surface area (Å²) in [5, 5.41) is -0.617. The van der Waals surface area contributed by atoms with Crippen molar-refractivity contribution in [3.05, 3.63) is 0 Å². The highest BCUT2D eigenvalue weighted by Crippen LogP contribution is 2.15. The summed E-state index contributed by atoms with van der Waals surface area (Å²) >= 11 is 0. The van der Waals surface area contributed by atoms with Gasteiger partial charge in [0.25, 0.3) is 0 Å². The third-order valence-electron chi connectivity index (χ3n) is 3.40. The van der Waals surface area contributed by atoms with Crippen LogP contribution in [-0.2, 0) is 20.1 Å². The third kappa shape index (κ3) is 7.34. The highest BCUT2D eigenvalue weighted by atomic mass is 32.2. The van der Waals surface area contributed by atoms with Gasteiger partial charge in [-0.25, -0.2) is 16.8 Å². The Kier molecular flexibility index (Phi) is 7.02.